The highest BCUT2D eigenvalue weighted by Crippen LogP contribution is 2.38. The molecule has 0 saturated carbocycles. The molecule has 29 heavy (non-hydrogen) atoms. The molecular formula is C23H17BrO5. The highest BCUT2D eigenvalue weighted by atomic mass is 79.9. The van der Waals surface area contributed by atoms with Crippen molar-refractivity contribution in [1.29, 1.82) is 0 Å². The van der Waals surface area contributed by atoms with Crippen LogP contribution in [-0.4, -0.2) is 14.2 Å². The predicted molar refractivity (Wildman–Crippen MR) is 115 cm³/mol. The zero-order valence-corrected chi connectivity index (χ0v) is 17.4. The van der Waals surface area contributed by atoms with E-state index in [1.54, 1.807) is 38.5 Å². The van der Waals surface area contributed by atoms with Crippen molar-refractivity contribution in [3.05, 3.63) is 81.6 Å². The van der Waals surface area contributed by atoms with Gasteiger partial charge in [-0.25, -0.2) is 4.79 Å². The summed E-state index contributed by atoms with van der Waals surface area (Å²) in [4.78, 5) is 12.4. The number of halogens is 1. The molecule has 0 aliphatic carbocycles. The van der Waals surface area contributed by atoms with Crippen LogP contribution in [-0.2, 0) is 0 Å². The summed E-state index contributed by atoms with van der Waals surface area (Å²) in [6.07, 6.45) is 0. The fourth-order valence-electron chi connectivity index (χ4n) is 3.06. The Hall–Kier alpha value is -3.25. The third-order valence-corrected chi connectivity index (χ3v) is 4.95. The lowest BCUT2D eigenvalue weighted by Crippen LogP contribution is -2.00. The molecule has 146 valence electrons. The van der Waals surface area contributed by atoms with Gasteiger partial charge in [0.05, 0.1) is 25.2 Å². The summed E-state index contributed by atoms with van der Waals surface area (Å²) in [6, 6.07) is 20.0. The van der Waals surface area contributed by atoms with Crippen LogP contribution in [0.3, 0.4) is 0 Å². The minimum absolute atomic E-state index is 0.393. The lowest BCUT2D eigenvalue weighted by atomic mass is 10.1. The Morgan fingerprint density at radius 2 is 1.59 bits per heavy atom. The van der Waals surface area contributed by atoms with Gasteiger partial charge in [0, 0.05) is 10.5 Å². The third kappa shape index (κ3) is 3.84. The summed E-state index contributed by atoms with van der Waals surface area (Å²) in [5, 5.41) is 1.34. The predicted octanol–water partition coefficient (Wildman–Crippen LogP) is 6.03. The molecule has 0 radical (unpaired) electrons. The lowest BCUT2D eigenvalue weighted by molar-refractivity contribution is 0.352. The summed E-state index contributed by atoms with van der Waals surface area (Å²) in [5.41, 5.74) is 0.257. The van der Waals surface area contributed by atoms with Gasteiger partial charge in [-0.15, -0.1) is 0 Å². The van der Waals surface area contributed by atoms with E-state index in [1.165, 1.54) is 0 Å². The van der Waals surface area contributed by atoms with Crippen LogP contribution in [0, 0.1) is 0 Å². The molecule has 3 aromatic carbocycles. The van der Waals surface area contributed by atoms with Gasteiger partial charge in [-0.1, -0.05) is 34.1 Å². The van der Waals surface area contributed by atoms with Crippen LogP contribution in [0.25, 0.3) is 22.1 Å². The summed E-state index contributed by atoms with van der Waals surface area (Å²) >= 11 is 3.48. The molecule has 1 heterocycles. The maximum atomic E-state index is 12.4. The van der Waals surface area contributed by atoms with E-state index in [0.29, 0.717) is 39.7 Å². The molecule has 0 bridgehead atoms. The average molecular weight is 453 g/mol. The minimum Gasteiger partial charge on any atom is -0.493 e. The van der Waals surface area contributed by atoms with E-state index in [-0.39, 0.29) is 0 Å². The number of ether oxygens (including phenoxy) is 3. The highest BCUT2D eigenvalue weighted by Gasteiger charge is 2.14. The van der Waals surface area contributed by atoms with Gasteiger partial charge >= 0.3 is 5.63 Å². The second-order valence-electron chi connectivity index (χ2n) is 6.24. The Labute approximate surface area is 175 Å². The number of rotatable bonds is 5. The molecule has 0 spiro atoms. The van der Waals surface area contributed by atoms with Gasteiger partial charge < -0.3 is 18.6 Å². The molecule has 5 nitrogen and oxygen atoms in total. The van der Waals surface area contributed by atoms with Crippen molar-refractivity contribution in [2.24, 2.45) is 0 Å². The van der Waals surface area contributed by atoms with E-state index in [0.717, 1.165) is 9.86 Å². The number of benzene rings is 3. The SMILES string of the molecule is COc1ccc(Oc2ccc(Br)cc2-c2cc3ccccc3c(=O)o2)cc1OC. The van der Waals surface area contributed by atoms with E-state index in [1.807, 2.05) is 42.5 Å². The molecule has 4 aromatic rings. The molecule has 1 aromatic heterocycles. The Kier molecular flexibility index (Phi) is 5.27. The smallest absolute Gasteiger partial charge is 0.344 e. The Bertz CT molecular complexity index is 1250. The normalized spacial score (nSPS) is 10.7. The molecule has 0 N–H and O–H groups in total. The number of fused-ring (bicyclic) bond motifs is 1. The van der Waals surface area contributed by atoms with Crippen LogP contribution in [0.4, 0.5) is 0 Å². The van der Waals surface area contributed by atoms with E-state index in [4.69, 9.17) is 18.6 Å². The monoisotopic (exact) mass is 452 g/mol. The van der Waals surface area contributed by atoms with Gasteiger partial charge in [0.1, 0.15) is 17.3 Å². The maximum absolute atomic E-state index is 12.4. The zero-order chi connectivity index (χ0) is 20.4. The zero-order valence-electron chi connectivity index (χ0n) is 15.8. The van der Waals surface area contributed by atoms with Crippen LogP contribution in [0.5, 0.6) is 23.0 Å². The van der Waals surface area contributed by atoms with E-state index in [2.05, 4.69) is 15.9 Å². The fraction of sp³-hybridized carbons (Fsp3) is 0.0870. The molecule has 0 fully saturated rings. The molecule has 0 unspecified atom stereocenters. The van der Waals surface area contributed by atoms with Crippen LogP contribution in [0.2, 0.25) is 0 Å². The summed E-state index contributed by atoms with van der Waals surface area (Å²) in [6.45, 7) is 0. The second-order valence-corrected chi connectivity index (χ2v) is 7.16. The van der Waals surface area contributed by atoms with E-state index >= 15 is 0 Å². The van der Waals surface area contributed by atoms with Crippen molar-refractivity contribution in [3.63, 3.8) is 0 Å². The average Bonchev–Trinajstić information content (AvgIpc) is 2.74. The van der Waals surface area contributed by atoms with Crippen molar-refractivity contribution < 1.29 is 18.6 Å². The molecule has 0 saturated heterocycles. The van der Waals surface area contributed by atoms with Crippen LogP contribution in [0.15, 0.2) is 80.4 Å². The van der Waals surface area contributed by atoms with Crippen LogP contribution >= 0.6 is 15.9 Å². The maximum Gasteiger partial charge on any atom is 0.344 e. The standard InChI is InChI=1S/C23H17BrO5/c1-26-20-10-8-16(13-22(20)27-2)28-19-9-7-15(24)12-18(19)21-11-14-5-3-4-6-17(14)23(25)29-21/h3-13H,1-2H3. The molecule has 4 rings (SSSR count). The second kappa shape index (κ2) is 8.01. The van der Waals surface area contributed by atoms with Gasteiger partial charge in [-0.05, 0) is 47.9 Å². The lowest BCUT2D eigenvalue weighted by Gasteiger charge is -2.13. The summed E-state index contributed by atoms with van der Waals surface area (Å²) in [5.74, 6) is 2.69. The van der Waals surface area contributed by atoms with Gasteiger partial charge in [0.15, 0.2) is 11.5 Å². The summed E-state index contributed by atoms with van der Waals surface area (Å²) < 4.78 is 23.1. The largest absolute Gasteiger partial charge is 0.493 e. The van der Waals surface area contributed by atoms with Crippen molar-refractivity contribution >= 4 is 26.7 Å². The fourth-order valence-corrected chi connectivity index (χ4v) is 3.42. The first-order valence-corrected chi connectivity index (χ1v) is 9.61. The topological polar surface area (TPSA) is 57.9 Å². The molecule has 0 aliphatic heterocycles. The van der Waals surface area contributed by atoms with Crippen LogP contribution < -0.4 is 19.8 Å². The number of hydrogen-bond donors (Lipinski definition) is 0. The van der Waals surface area contributed by atoms with Gasteiger partial charge in [0.25, 0.3) is 0 Å². The van der Waals surface area contributed by atoms with Gasteiger partial charge in [-0.3, -0.25) is 0 Å². The molecule has 0 amide bonds. The van der Waals surface area contributed by atoms with Crippen molar-refractivity contribution in [1.82, 2.24) is 0 Å². The van der Waals surface area contributed by atoms with Crippen molar-refractivity contribution in [2.75, 3.05) is 14.2 Å². The molecule has 0 atom stereocenters. The molecule has 0 aliphatic rings. The third-order valence-electron chi connectivity index (χ3n) is 4.46. The first-order chi connectivity index (χ1) is 14.1. The van der Waals surface area contributed by atoms with E-state index in [9.17, 15) is 4.79 Å². The van der Waals surface area contributed by atoms with Crippen molar-refractivity contribution in [2.45, 2.75) is 0 Å². The van der Waals surface area contributed by atoms with Gasteiger partial charge in [0.2, 0.25) is 0 Å². The Morgan fingerprint density at radius 1 is 0.828 bits per heavy atom. The summed E-state index contributed by atoms with van der Waals surface area (Å²) in [7, 11) is 3.14. The van der Waals surface area contributed by atoms with Gasteiger partial charge in [-0.2, -0.15) is 0 Å². The first-order valence-electron chi connectivity index (χ1n) is 8.82. The quantitative estimate of drug-likeness (QED) is 0.369. The molecular weight excluding hydrogens is 436 g/mol. The minimum atomic E-state index is -0.393. The first kappa shape index (κ1) is 19.1. The number of hydrogen-bond acceptors (Lipinski definition) is 5. The molecule has 6 heteroatoms. The Balaban J connectivity index is 1.81. The number of methoxy groups -OCH3 is 2. The van der Waals surface area contributed by atoms with Crippen LogP contribution in [0.1, 0.15) is 0 Å². The highest BCUT2D eigenvalue weighted by molar-refractivity contribution is 9.10. The van der Waals surface area contributed by atoms with Crippen molar-refractivity contribution in [3.8, 4) is 34.3 Å². The Morgan fingerprint density at radius 3 is 2.38 bits per heavy atom. The van der Waals surface area contributed by atoms with E-state index < -0.39 is 5.63 Å².